The zero-order chi connectivity index (χ0) is 12.1. The van der Waals surface area contributed by atoms with Gasteiger partial charge >= 0.3 is 6.47 Å². The topological polar surface area (TPSA) is 121 Å². The van der Waals surface area contributed by atoms with E-state index in [2.05, 4.69) is 22.3 Å². The number of carbonyl (C=O) groups excluding carboxylic acids is 1. The van der Waals surface area contributed by atoms with Gasteiger partial charge in [-0.2, -0.15) is 5.10 Å². The molecule has 0 aromatic rings. The largest absolute Gasteiger partial charge is 0.369 e. The summed E-state index contributed by atoms with van der Waals surface area (Å²) in [5.41, 5.74) is 8.43. The van der Waals surface area contributed by atoms with Crippen LogP contribution in [0, 0.1) is 5.41 Å². The van der Waals surface area contributed by atoms with E-state index in [1.165, 1.54) is 0 Å². The Balaban J connectivity index is -0.000000292. The van der Waals surface area contributed by atoms with Gasteiger partial charge in [0.1, 0.15) is 0 Å². The van der Waals surface area contributed by atoms with Crippen molar-refractivity contribution in [2.45, 2.75) is 33.1 Å². The maximum Gasteiger partial charge on any atom is 0.330 e. The van der Waals surface area contributed by atoms with E-state index in [1.807, 2.05) is 6.92 Å². The Kier molecular flexibility index (Phi) is 13.1. The highest BCUT2D eigenvalue weighted by Crippen LogP contribution is 1.95. The third-order valence-electron chi connectivity index (χ3n) is 1.30. The SMILES string of the molecule is CCCC/C(C)=N/NC(=N)N.O=COO.[HH]. The lowest BCUT2D eigenvalue weighted by molar-refractivity contribution is -0.217. The molecule has 0 aliphatic carbocycles. The van der Waals surface area contributed by atoms with Gasteiger partial charge in [-0.05, 0) is 19.8 Å². The maximum atomic E-state index is 8.70. The van der Waals surface area contributed by atoms with Crippen LogP contribution in [0.15, 0.2) is 5.10 Å². The Morgan fingerprint density at radius 1 is 1.80 bits per heavy atom. The fourth-order valence-corrected chi connectivity index (χ4v) is 0.644. The number of guanidine groups is 1. The molecule has 0 heterocycles. The molecule has 0 radical (unpaired) electrons. The number of rotatable bonds is 5. The molecule has 0 atom stereocenters. The molecule has 90 valence electrons. The molecule has 0 spiro atoms. The van der Waals surface area contributed by atoms with Crippen molar-refractivity contribution in [3.05, 3.63) is 0 Å². The molecule has 0 rings (SSSR count). The monoisotopic (exact) mass is 220 g/mol. The lowest BCUT2D eigenvalue weighted by atomic mass is 10.2. The smallest absolute Gasteiger partial charge is 0.330 e. The minimum atomic E-state index is -0.110. The number of carbonyl (C=O) groups is 1. The van der Waals surface area contributed by atoms with E-state index in [-0.39, 0.29) is 13.9 Å². The summed E-state index contributed by atoms with van der Waals surface area (Å²) in [6.45, 7) is 3.98. The fourth-order valence-electron chi connectivity index (χ4n) is 0.644. The van der Waals surface area contributed by atoms with E-state index in [4.69, 9.17) is 21.2 Å². The molecule has 0 aliphatic rings. The van der Waals surface area contributed by atoms with Crippen molar-refractivity contribution >= 4 is 18.1 Å². The van der Waals surface area contributed by atoms with Crippen LogP contribution in [-0.2, 0) is 9.68 Å². The predicted molar refractivity (Wildman–Crippen MR) is 59.6 cm³/mol. The molecule has 0 saturated heterocycles. The predicted octanol–water partition coefficient (Wildman–Crippen LogP) is 0.914. The molecule has 7 heteroatoms. The summed E-state index contributed by atoms with van der Waals surface area (Å²) >= 11 is 0. The highest BCUT2D eigenvalue weighted by atomic mass is 17.1. The molecule has 0 saturated carbocycles. The zero-order valence-corrected chi connectivity index (χ0v) is 8.99. The minimum Gasteiger partial charge on any atom is -0.369 e. The van der Waals surface area contributed by atoms with Crippen LogP contribution in [0.5, 0.6) is 0 Å². The summed E-state index contributed by atoms with van der Waals surface area (Å²) in [6.07, 6.45) is 3.26. The summed E-state index contributed by atoms with van der Waals surface area (Å²) in [5.74, 6) is -0.110. The number of hydrazone groups is 1. The lowest BCUT2D eigenvalue weighted by Gasteiger charge is -1.99. The van der Waals surface area contributed by atoms with Gasteiger partial charge in [-0.25, -0.2) is 10.7 Å². The lowest BCUT2D eigenvalue weighted by Crippen LogP contribution is -2.26. The molecule has 0 bridgehead atoms. The van der Waals surface area contributed by atoms with E-state index < -0.39 is 0 Å². The minimum absolute atomic E-state index is 0. The number of hydrogen-bond acceptors (Lipinski definition) is 5. The second-order valence-corrected chi connectivity index (χ2v) is 2.68. The second-order valence-electron chi connectivity index (χ2n) is 2.68. The third-order valence-corrected chi connectivity index (χ3v) is 1.30. The maximum absolute atomic E-state index is 8.70. The van der Waals surface area contributed by atoms with Gasteiger partial charge in [-0.15, -0.1) is 0 Å². The molecule has 0 fully saturated rings. The molecular formula is C8H20N4O3. The van der Waals surface area contributed by atoms with E-state index in [1.54, 1.807) is 0 Å². The standard InChI is InChI=1S/C7H16N4.CH2O3.H2/c1-3-4-5-6(2)10-11-7(8)9;2-1-4-3;/h3-5H2,1-2H3,(H4,8,9,11);1,3H;1H/b10-6+;;. The van der Waals surface area contributed by atoms with Gasteiger partial charge < -0.3 is 10.6 Å². The van der Waals surface area contributed by atoms with E-state index in [0.717, 1.165) is 25.0 Å². The van der Waals surface area contributed by atoms with E-state index in [9.17, 15) is 0 Å². The highest BCUT2D eigenvalue weighted by molar-refractivity contribution is 5.83. The van der Waals surface area contributed by atoms with E-state index >= 15 is 0 Å². The van der Waals surface area contributed by atoms with Crippen molar-refractivity contribution in [3.63, 3.8) is 0 Å². The first-order valence-electron chi connectivity index (χ1n) is 4.45. The molecule has 7 nitrogen and oxygen atoms in total. The average Bonchev–Trinajstić information content (AvgIpc) is 2.23. The Bertz CT molecular complexity index is 211. The average molecular weight is 220 g/mol. The first-order chi connectivity index (χ1) is 7.08. The van der Waals surface area contributed by atoms with Crippen LogP contribution in [0.25, 0.3) is 0 Å². The van der Waals surface area contributed by atoms with Gasteiger partial charge in [0.25, 0.3) is 0 Å². The Morgan fingerprint density at radius 3 is 2.67 bits per heavy atom. The van der Waals surface area contributed by atoms with Crippen molar-refractivity contribution in [3.8, 4) is 0 Å². The fraction of sp³-hybridized carbons (Fsp3) is 0.625. The summed E-state index contributed by atoms with van der Waals surface area (Å²) in [5, 5.41) is 17.7. The highest BCUT2D eigenvalue weighted by Gasteiger charge is 1.89. The zero-order valence-electron chi connectivity index (χ0n) is 8.99. The first kappa shape index (κ1) is 15.8. The molecule has 15 heavy (non-hydrogen) atoms. The number of unbranched alkanes of at least 4 members (excludes halogenated alkanes) is 1. The third kappa shape index (κ3) is 19.0. The van der Waals surface area contributed by atoms with Crippen molar-refractivity contribution in [2.24, 2.45) is 10.8 Å². The number of nitrogens with zero attached hydrogens (tertiary/aromatic N) is 1. The van der Waals surface area contributed by atoms with Gasteiger partial charge in [0, 0.05) is 7.14 Å². The van der Waals surface area contributed by atoms with E-state index in [0.29, 0.717) is 0 Å². The van der Waals surface area contributed by atoms with Gasteiger partial charge in [0.15, 0.2) is 0 Å². The summed E-state index contributed by atoms with van der Waals surface area (Å²) in [6, 6.07) is 0. The van der Waals surface area contributed by atoms with Gasteiger partial charge in [0.2, 0.25) is 5.96 Å². The molecule has 0 aliphatic heterocycles. The molecular weight excluding hydrogens is 200 g/mol. The van der Waals surface area contributed by atoms with Crippen molar-refractivity contribution in [2.75, 3.05) is 0 Å². The summed E-state index contributed by atoms with van der Waals surface area (Å²) in [4.78, 5) is 11.6. The Morgan fingerprint density at radius 2 is 2.33 bits per heavy atom. The second kappa shape index (κ2) is 12.4. The van der Waals surface area contributed by atoms with Crippen molar-refractivity contribution < 1.29 is 16.4 Å². The molecule has 0 aromatic carbocycles. The van der Waals surface area contributed by atoms with Crippen LogP contribution in [-0.4, -0.2) is 23.4 Å². The first-order valence-corrected chi connectivity index (χ1v) is 4.45. The van der Waals surface area contributed by atoms with Crippen LogP contribution < -0.4 is 11.2 Å². The van der Waals surface area contributed by atoms with Crippen LogP contribution in [0.4, 0.5) is 0 Å². The van der Waals surface area contributed by atoms with Gasteiger partial charge in [0.05, 0.1) is 0 Å². The quantitative estimate of drug-likeness (QED) is 0.180. The molecule has 0 unspecified atom stereocenters. The molecule has 5 N–H and O–H groups in total. The Hall–Kier alpha value is -1.63. The van der Waals surface area contributed by atoms with Gasteiger partial charge in [-0.3, -0.25) is 10.2 Å². The summed E-state index contributed by atoms with van der Waals surface area (Å²) < 4.78 is 0. The number of nitrogens with two attached hydrogens (primary N) is 1. The van der Waals surface area contributed by atoms with Crippen LogP contribution in [0.2, 0.25) is 0 Å². The van der Waals surface area contributed by atoms with Gasteiger partial charge in [-0.1, -0.05) is 13.3 Å². The van der Waals surface area contributed by atoms with Crippen molar-refractivity contribution in [1.82, 2.24) is 5.43 Å². The normalized spacial score (nSPS) is 9.67. The molecule has 0 aromatic heterocycles. The van der Waals surface area contributed by atoms with Crippen molar-refractivity contribution in [1.29, 1.82) is 5.41 Å². The van der Waals surface area contributed by atoms with Crippen LogP contribution >= 0.6 is 0 Å². The summed E-state index contributed by atoms with van der Waals surface area (Å²) in [7, 11) is 0. The van der Waals surface area contributed by atoms with Crippen LogP contribution in [0.3, 0.4) is 0 Å². The Labute approximate surface area is 90.2 Å². The number of hydrogen-bond donors (Lipinski definition) is 4. The molecule has 0 amide bonds. The van der Waals surface area contributed by atoms with Crippen LogP contribution in [0.1, 0.15) is 34.5 Å². The number of nitrogens with one attached hydrogen (secondary N) is 2.